The fourth-order valence-electron chi connectivity index (χ4n) is 1.86. The lowest BCUT2D eigenvalue weighted by atomic mass is 10.2. The lowest BCUT2D eigenvalue weighted by Crippen LogP contribution is -2.48. The van der Waals surface area contributed by atoms with Crippen LogP contribution in [0.5, 0.6) is 0 Å². The molecule has 1 rings (SSSR count). The zero-order valence-corrected chi connectivity index (χ0v) is 12.0. The van der Waals surface area contributed by atoms with Crippen LogP contribution in [0.2, 0.25) is 0 Å². The Morgan fingerprint density at radius 3 is 2.79 bits per heavy atom. The van der Waals surface area contributed by atoms with Crippen molar-refractivity contribution < 1.29 is 24.2 Å². The Morgan fingerprint density at radius 1 is 1.37 bits per heavy atom. The average Bonchev–Trinajstić information content (AvgIpc) is 2.38. The van der Waals surface area contributed by atoms with Crippen LogP contribution in [-0.2, 0) is 19.1 Å². The van der Waals surface area contributed by atoms with E-state index in [1.165, 1.54) is 0 Å². The quantitative estimate of drug-likeness (QED) is 0.655. The van der Waals surface area contributed by atoms with Crippen molar-refractivity contribution in [2.24, 2.45) is 0 Å². The second kappa shape index (κ2) is 9.17. The van der Waals surface area contributed by atoms with Gasteiger partial charge in [-0.15, -0.1) is 0 Å². The van der Waals surface area contributed by atoms with Crippen molar-refractivity contribution in [3.8, 4) is 0 Å². The van der Waals surface area contributed by atoms with Gasteiger partial charge in [-0.05, 0) is 6.92 Å². The molecule has 1 aliphatic heterocycles. The number of hydrogen-bond acceptors (Lipinski definition) is 5. The molecule has 7 heteroatoms. The first-order chi connectivity index (χ1) is 9.15. The lowest BCUT2D eigenvalue weighted by Gasteiger charge is -2.34. The van der Waals surface area contributed by atoms with Gasteiger partial charge in [0.1, 0.15) is 6.61 Å². The van der Waals surface area contributed by atoms with Gasteiger partial charge in [0, 0.05) is 24.7 Å². The summed E-state index contributed by atoms with van der Waals surface area (Å²) in [7, 11) is 0. The average molecular weight is 291 g/mol. The summed E-state index contributed by atoms with van der Waals surface area (Å²) in [5, 5.41) is 8.84. The zero-order chi connectivity index (χ0) is 14.1. The molecule has 1 fully saturated rings. The molecule has 110 valence electrons. The summed E-state index contributed by atoms with van der Waals surface area (Å²) in [6, 6.07) is -0.223. The predicted octanol–water partition coefficient (Wildman–Crippen LogP) is 0.458. The molecule has 0 aromatic heterocycles. The van der Waals surface area contributed by atoms with Crippen molar-refractivity contribution in [2.75, 3.05) is 44.5 Å². The van der Waals surface area contributed by atoms with E-state index < -0.39 is 5.97 Å². The molecular weight excluding hydrogens is 270 g/mol. The van der Waals surface area contributed by atoms with Gasteiger partial charge in [0.25, 0.3) is 0 Å². The van der Waals surface area contributed by atoms with E-state index in [2.05, 4.69) is 0 Å². The maximum atomic E-state index is 12.0. The molecule has 1 saturated heterocycles. The summed E-state index contributed by atoms with van der Waals surface area (Å²) >= 11 is 1.68. The van der Waals surface area contributed by atoms with E-state index in [-0.39, 0.29) is 25.0 Å². The van der Waals surface area contributed by atoms with Crippen LogP contribution in [0.25, 0.3) is 0 Å². The first-order valence-corrected chi connectivity index (χ1v) is 7.55. The van der Waals surface area contributed by atoms with Crippen LogP contribution in [0.1, 0.15) is 13.3 Å². The fourth-order valence-corrected chi connectivity index (χ4v) is 2.92. The molecule has 0 aromatic rings. The first kappa shape index (κ1) is 16.3. The Hall–Kier alpha value is -0.790. The van der Waals surface area contributed by atoms with Gasteiger partial charge >= 0.3 is 5.97 Å². The molecule has 0 saturated carbocycles. The van der Waals surface area contributed by atoms with E-state index in [0.717, 1.165) is 5.75 Å². The Kier molecular flexibility index (Phi) is 7.85. The lowest BCUT2D eigenvalue weighted by molar-refractivity contribution is -0.142. The second-order valence-corrected chi connectivity index (χ2v) is 5.31. The Morgan fingerprint density at radius 2 is 2.11 bits per heavy atom. The van der Waals surface area contributed by atoms with E-state index in [4.69, 9.17) is 14.6 Å². The zero-order valence-electron chi connectivity index (χ0n) is 11.2. The van der Waals surface area contributed by atoms with Crippen LogP contribution < -0.4 is 0 Å². The summed E-state index contributed by atoms with van der Waals surface area (Å²) in [5.41, 5.74) is 0. The van der Waals surface area contributed by atoms with Crippen LogP contribution in [0, 0.1) is 0 Å². The van der Waals surface area contributed by atoms with Crippen LogP contribution in [0.3, 0.4) is 0 Å². The van der Waals surface area contributed by atoms with E-state index in [1.807, 2.05) is 6.92 Å². The highest BCUT2D eigenvalue weighted by molar-refractivity contribution is 7.99. The van der Waals surface area contributed by atoms with Gasteiger partial charge < -0.3 is 19.5 Å². The molecule has 6 nitrogen and oxygen atoms in total. The third-order valence-electron chi connectivity index (χ3n) is 2.76. The number of carboxylic acids is 1. The molecule has 0 aliphatic carbocycles. The van der Waals surface area contributed by atoms with Crippen LogP contribution in [-0.4, -0.2) is 72.4 Å². The minimum absolute atomic E-state index is 0.00230. The molecule has 19 heavy (non-hydrogen) atoms. The highest BCUT2D eigenvalue weighted by atomic mass is 32.2. The highest BCUT2D eigenvalue weighted by Gasteiger charge is 2.28. The summed E-state index contributed by atoms with van der Waals surface area (Å²) < 4.78 is 10.3. The molecule has 0 bridgehead atoms. The van der Waals surface area contributed by atoms with Gasteiger partial charge in [-0.1, -0.05) is 0 Å². The molecule has 1 aliphatic rings. The van der Waals surface area contributed by atoms with Crippen molar-refractivity contribution in [1.82, 2.24) is 4.90 Å². The molecular formula is C12H21NO5S. The van der Waals surface area contributed by atoms with Gasteiger partial charge in [-0.3, -0.25) is 9.59 Å². The fraction of sp³-hybridized carbons (Fsp3) is 0.833. The molecule has 0 radical (unpaired) electrons. The number of carbonyl (C=O) groups is 2. The molecule has 1 N–H and O–H groups in total. The number of rotatable bonds is 8. The van der Waals surface area contributed by atoms with Crippen LogP contribution in [0.15, 0.2) is 0 Å². The monoisotopic (exact) mass is 291 g/mol. The standard InChI is InChI=1S/C12H21NO5S/c1-2-17-4-5-18-8-11(14)13-3-6-19-9-10(13)7-12(15)16/h10H,2-9H2,1H3,(H,15,16). The van der Waals surface area contributed by atoms with Crippen molar-refractivity contribution in [3.05, 3.63) is 0 Å². The van der Waals surface area contributed by atoms with Crippen molar-refractivity contribution in [1.29, 1.82) is 0 Å². The SMILES string of the molecule is CCOCCOCC(=O)N1CCSCC1CC(=O)O. The largest absolute Gasteiger partial charge is 0.481 e. The number of nitrogens with zero attached hydrogens (tertiary/aromatic N) is 1. The summed E-state index contributed by atoms with van der Waals surface area (Å²) in [4.78, 5) is 24.4. The van der Waals surface area contributed by atoms with E-state index in [9.17, 15) is 9.59 Å². The predicted molar refractivity (Wildman–Crippen MR) is 72.4 cm³/mol. The molecule has 0 spiro atoms. The summed E-state index contributed by atoms with van der Waals surface area (Å²) in [6.07, 6.45) is -0.00230. The van der Waals surface area contributed by atoms with Gasteiger partial charge in [-0.2, -0.15) is 11.8 Å². The minimum Gasteiger partial charge on any atom is -0.481 e. The van der Waals surface area contributed by atoms with Crippen LogP contribution >= 0.6 is 11.8 Å². The molecule has 1 atom stereocenters. The topological polar surface area (TPSA) is 76.1 Å². The summed E-state index contributed by atoms with van der Waals surface area (Å²) in [5.74, 6) is 0.517. The smallest absolute Gasteiger partial charge is 0.305 e. The maximum Gasteiger partial charge on any atom is 0.305 e. The third kappa shape index (κ3) is 6.26. The van der Waals surface area contributed by atoms with E-state index >= 15 is 0 Å². The van der Waals surface area contributed by atoms with Crippen LogP contribution in [0.4, 0.5) is 0 Å². The molecule has 1 unspecified atom stereocenters. The second-order valence-electron chi connectivity index (χ2n) is 4.16. The third-order valence-corrected chi connectivity index (χ3v) is 3.85. The number of ether oxygens (including phenoxy) is 2. The molecule has 1 heterocycles. The number of carbonyl (C=O) groups excluding carboxylic acids is 1. The Balaban J connectivity index is 2.32. The number of carboxylic acid groups (broad SMARTS) is 1. The number of amides is 1. The van der Waals surface area contributed by atoms with Gasteiger partial charge in [0.15, 0.2) is 0 Å². The molecule has 0 aromatic carbocycles. The number of aliphatic carboxylic acids is 1. The van der Waals surface area contributed by atoms with Gasteiger partial charge in [-0.25, -0.2) is 0 Å². The highest BCUT2D eigenvalue weighted by Crippen LogP contribution is 2.19. The maximum absolute atomic E-state index is 12.0. The van der Waals surface area contributed by atoms with E-state index in [0.29, 0.717) is 32.1 Å². The Bertz CT molecular complexity index is 300. The summed E-state index contributed by atoms with van der Waals surface area (Å²) in [6.45, 7) is 3.96. The van der Waals surface area contributed by atoms with E-state index in [1.54, 1.807) is 16.7 Å². The first-order valence-electron chi connectivity index (χ1n) is 6.39. The number of thioether (sulfide) groups is 1. The molecule has 1 amide bonds. The van der Waals surface area contributed by atoms with Crippen molar-refractivity contribution in [3.63, 3.8) is 0 Å². The normalized spacial score (nSPS) is 19.4. The Labute approximate surface area is 117 Å². The van der Waals surface area contributed by atoms with Gasteiger partial charge in [0.2, 0.25) is 5.91 Å². The van der Waals surface area contributed by atoms with Gasteiger partial charge in [0.05, 0.1) is 25.7 Å². The minimum atomic E-state index is -0.873. The van der Waals surface area contributed by atoms with Crippen molar-refractivity contribution >= 4 is 23.6 Å². The van der Waals surface area contributed by atoms with Crippen molar-refractivity contribution in [2.45, 2.75) is 19.4 Å². The number of hydrogen-bond donors (Lipinski definition) is 1.